The zero-order valence-electron chi connectivity index (χ0n) is 2.52. The molecule has 0 spiro atoms. The molecule has 0 N–H and O–H groups in total. The molecular formula is C2H5AsCl2. The molecule has 3 heteroatoms. The molecule has 0 aliphatic rings. The van der Waals surface area contributed by atoms with Crippen molar-refractivity contribution in [3.05, 3.63) is 10.4 Å². The normalized spacial score (nSPS) is 7.60. The van der Waals surface area contributed by atoms with E-state index in [4.69, 9.17) is 11.6 Å². The van der Waals surface area contributed by atoms with Crippen LogP contribution in [0.5, 0.6) is 0 Å². The minimum absolute atomic E-state index is 0. The predicted molar refractivity (Wildman–Crippen MR) is 30.8 cm³/mol. The first-order chi connectivity index (χ1) is 1.91. The molecule has 0 bridgehead atoms. The van der Waals surface area contributed by atoms with Gasteiger partial charge in [-0.2, -0.15) is 0 Å². The Morgan fingerprint density at radius 2 is 1.80 bits per heavy atom. The van der Waals surface area contributed by atoms with E-state index in [2.05, 4.69) is 0 Å². The van der Waals surface area contributed by atoms with Gasteiger partial charge in [0.1, 0.15) is 0 Å². The molecule has 0 amide bonds. The van der Waals surface area contributed by atoms with Crippen LogP contribution in [-0.2, 0) is 0 Å². The van der Waals surface area contributed by atoms with Crippen LogP contribution in [0.2, 0.25) is 0 Å². The van der Waals surface area contributed by atoms with Gasteiger partial charge in [-0.05, 0) is 0 Å². The zero-order chi connectivity index (χ0) is 3.41. The van der Waals surface area contributed by atoms with Gasteiger partial charge in [-0.3, -0.25) is 0 Å². The molecule has 0 aliphatic heterocycles. The van der Waals surface area contributed by atoms with Crippen LogP contribution in [0.1, 0.15) is 0 Å². The van der Waals surface area contributed by atoms with E-state index in [1.165, 1.54) is 22.4 Å². The van der Waals surface area contributed by atoms with Crippen molar-refractivity contribution in [2.45, 2.75) is 0 Å². The molecule has 5 heavy (non-hydrogen) atoms. The fourth-order valence-corrected chi connectivity index (χ4v) is 0. The SMILES string of the molecule is Cl.ClC=C[AsH2]. The van der Waals surface area contributed by atoms with Crippen LogP contribution in [0.3, 0.4) is 0 Å². The van der Waals surface area contributed by atoms with Gasteiger partial charge in [0.2, 0.25) is 0 Å². The summed E-state index contributed by atoms with van der Waals surface area (Å²) in [4.78, 5) is 1.83. The third-order valence-electron chi connectivity index (χ3n) is 0.0727. The fraction of sp³-hybridized carbons (Fsp3) is 0. The van der Waals surface area contributed by atoms with Gasteiger partial charge in [0.05, 0.1) is 0 Å². The second kappa shape index (κ2) is 8.86. The Bertz CT molecular complexity index is 22.8. The van der Waals surface area contributed by atoms with Crippen molar-refractivity contribution in [1.82, 2.24) is 0 Å². The molecule has 0 fully saturated rings. The van der Waals surface area contributed by atoms with Gasteiger partial charge in [-0.15, -0.1) is 12.4 Å². The van der Waals surface area contributed by atoms with Crippen molar-refractivity contribution in [3.8, 4) is 0 Å². The van der Waals surface area contributed by atoms with Crippen molar-refractivity contribution >= 4 is 40.9 Å². The van der Waals surface area contributed by atoms with E-state index in [1.54, 1.807) is 0 Å². The summed E-state index contributed by atoms with van der Waals surface area (Å²) >= 11 is 6.53. The standard InChI is InChI=1S/C2H4AsCl.ClH/c3-1-2-4;/h1-2H,3H2;1H. The molecule has 0 rings (SSSR count). The molecule has 1 atom stereocenters. The molecule has 0 radical (unpaired) electrons. The number of halogens is 2. The third-order valence-corrected chi connectivity index (χ3v) is 1.13. The Balaban J connectivity index is 0. The van der Waals surface area contributed by atoms with E-state index < -0.39 is 0 Å². The van der Waals surface area contributed by atoms with Crippen LogP contribution in [-0.4, -0.2) is 16.9 Å². The second-order valence-electron chi connectivity index (χ2n) is 0.318. The van der Waals surface area contributed by atoms with Gasteiger partial charge in [0, 0.05) is 0 Å². The van der Waals surface area contributed by atoms with E-state index in [9.17, 15) is 0 Å². The van der Waals surface area contributed by atoms with Gasteiger partial charge in [-0.1, -0.05) is 0 Å². The van der Waals surface area contributed by atoms with Crippen LogP contribution >= 0.6 is 24.0 Å². The Kier molecular flexibility index (Phi) is 16.5. The Labute approximate surface area is 51.5 Å². The van der Waals surface area contributed by atoms with Gasteiger partial charge in [-0.25, -0.2) is 0 Å². The van der Waals surface area contributed by atoms with E-state index in [0.29, 0.717) is 0 Å². The summed E-state index contributed by atoms with van der Waals surface area (Å²) in [7, 11) is 0. The quantitative estimate of drug-likeness (QED) is 0.476. The summed E-state index contributed by atoms with van der Waals surface area (Å²) < 4.78 is 0. The molecular weight excluding hydrogens is 170 g/mol. The summed E-state index contributed by atoms with van der Waals surface area (Å²) in [5.74, 6) is 0. The van der Waals surface area contributed by atoms with Crippen LogP contribution in [0.25, 0.3) is 0 Å². The first-order valence-corrected chi connectivity index (χ1v) is 2.72. The number of hydrogen-bond acceptors (Lipinski definition) is 0. The van der Waals surface area contributed by atoms with Crippen LogP contribution in [0.4, 0.5) is 0 Å². The van der Waals surface area contributed by atoms with Gasteiger partial charge < -0.3 is 0 Å². The molecule has 0 aromatic carbocycles. The first kappa shape index (κ1) is 9.30. The maximum absolute atomic E-state index is 5.02. The Morgan fingerprint density at radius 3 is 1.80 bits per heavy atom. The average Bonchev–Trinajstić information content (AvgIpc) is 1.37. The molecule has 0 nitrogen and oxygen atoms in total. The molecule has 0 aromatic rings. The minimum atomic E-state index is 0. The van der Waals surface area contributed by atoms with E-state index in [-0.39, 0.29) is 12.4 Å². The van der Waals surface area contributed by atoms with Crippen LogP contribution < -0.4 is 0 Å². The number of rotatable bonds is 0. The monoisotopic (exact) mass is 174 g/mol. The Morgan fingerprint density at radius 1 is 1.60 bits per heavy atom. The first-order valence-electron chi connectivity index (χ1n) is 0.885. The summed E-state index contributed by atoms with van der Waals surface area (Å²) in [5, 5.41) is 0. The molecule has 0 aliphatic carbocycles. The third kappa shape index (κ3) is 11.5. The van der Waals surface area contributed by atoms with Gasteiger partial charge in [0.25, 0.3) is 0 Å². The van der Waals surface area contributed by atoms with Gasteiger partial charge >= 0.3 is 38.9 Å². The van der Waals surface area contributed by atoms with Crippen molar-refractivity contribution in [3.63, 3.8) is 0 Å². The van der Waals surface area contributed by atoms with Crippen LogP contribution in [0.15, 0.2) is 10.4 Å². The van der Waals surface area contributed by atoms with Gasteiger partial charge in [0.15, 0.2) is 0 Å². The molecule has 0 aromatic heterocycles. The molecule has 1 unspecified atom stereocenters. The van der Waals surface area contributed by atoms with E-state index in [0.717, 1.165) is 0 Å². The summed E-state index contributed by atoms with van der Waals surface area (Å²) in [6.07, 6.45) is 0. The van der Waals surface area contributed by atoms with E-state index >= 15 is 0 Å². The molecule has 32 valence electrons. The van der Waals surface area contributed by atoms with Crippen LogP contribution in [0, 0.1) is 0 Å². The molecule has 0 heterocycles. The fourth-order valence-electron chi connectivity index (χ4n) is 0. The van der Waals surface area contributed by atoms with Crippen molar-refractivity contribution in [2.75, 3.05) is 0 Å². The summed E-state index contributed by atoms with van der Waals surface area (Å²) in [5.41, 5.74) is 1.50. The molecule has 0 saturated carbocycles. The Hall–Kier alpha value is 0.878. The maximum atomic E-state index is 5.02. The average molecular weight is 175 g/mol. The number of hydrogen-bond donors (Lipinski definition) is 0. The van der Waals surface area contributed by atoms with Crippen molar-refractivity contribution in [2.24, 2.45) is 0 Å². The van der Waals surface area contributed by atoms with Crippen molar-refractivity contribution < 1.29 is 0 Å². The zero-order valence-corrected chi connectivity index (χ0v) is 6.51. The topological polar surface area (TPSA) is 0 Å². The predicted octanol–water partition coefficient (Wildman–Crippen LogP) is 0.751. The summed E-state index contributed by atoms with van der Waals surface area (Å²) in [6, 6.07) is 0. The summed E-state index contributed by atoms with van der Waals surface area (Å²) in [6.45, 7) is 0. The van der Waals surface area contributed by atoms with E-state index in [1.807, 2.05) is 4.86 Å². The van der Waals surface area contributed by atoms with Crippen molar-refractivity contribution in [1.29, 1.82) is 0 Å². The second-order valence-corrected chi connectivity index (χ2v) is 1.38. The molecule has 0 saturated heterocycles.